The highest BCUT2D eigenvalue weighted by molar-refractivity contribution is 7.14. The van der Waals surface area contributed by atoms with Crippen LogP contribution in [0.4, 0.5) is 0 Å². The molecular formula is C18H22O3S. The second kappa shape index (κ2) is 6.97. The van der Waals surface area contributed by atoms with Crippen LogP contribution in [0.2, 0.25) is 0 Å². The molecule has 0 saturated heterocycles. The van der Waals surface area contributed by atoms with Crippen molar-refractivity contribution in [2.75, 3.05) is 0 Å². The van der Waals surface area contributed by atoms with E-state index in [0.29, 0.717) is 16.5 Å². The van der Waals surface area contributed by atoms with Crippen molar-refractivity contribution < 1.29 is 15.0 Å². The largest absolute Gasteiger partial charge is 0.508 e. The molecule has 1 aromatic carbocycles. The van der Waals surface area contributed by atoms with Crippen LogP contribution in [0.5, 0.6) is 5.75 Å². The van der Waals surface area contributed by atoms with Crippen molar-refractivity contribution in [1.82, 2.24) is 0 Å². The van der Waals surface area contributed by atoms with Gasteiger partial charge in [-0.05, 0) is 67.9 Å². The van der Waals surface area contributed by atoms with Gasteiger partial charge in [0.15, 0.2) is 0 Å². The van der Waals surface area contributed by atoms with Gasteiger partial charge >= 0.3 is 5.97 Å². The molecule has 1 unspecified atom stereocenters. The number of hydrogen-bond acceptors (Lipinski definition) is 3. The summed E-state index contributed by atoms with van der Waals surface area (Å²) in [6.45, 7) is 5.92. The third-order valence-corrected chi connectivity index (χ3v) is 5.37. The molecule has 2 rings (SSSR count). The number of carbonyl (C=O) groups is 1. The summed E-state index contributed by atoms with van der Waals surface area (Å²) in [6, 6.07) is 7.78. The molecule has 4 heteroatoms. The summed E-state index contributed by atoms with van der Waals surface area (Å²) in [4.78, 5) is 12.7. The van der Waals surface area contributed by atoms with Crippen LogP contribution in [-0.4, -0.2) is 16.2 Å². The van der Waals surface area contributed by atoms with Gasteiger partial charge in [0, 0.05) is 4.88 Å². The maximum Gasteiger partial charge on any atom is 0.346 e. The van der Waals surface area contributed by atoms with E-state index in [-0.39, 0.29) is 0 Å². The van der Waals surface area contributed by atoms with Crippen LogP contribution >= 0.6 is 11.3 Å². The van der Waals surface area contributed by atoms with Crippen LogP contribution in [0, 0.1) is 13.8 Å². The molecule has 0 aliphatic heterocycles. The summed E-state index contributed by atoms with van der Waals surface area (Å²) >= 11 is 1.38. The molecule has 0 aliphatic rings. The standard InChI is InChI=1S/C18H22O3S/c1-4-13(14-6-8-16(19)11(2)9-14)5-7-15-10-12(3)17(22-15)18(20)21/h6,8-10,13,19H,4-5,7H2,1-3H3,(H,20,21). The lowest BCUT2D eigenvalue weighted by Crippen LogP contribution is -1.99. The van der Waals surface area contributed by atoms with Gasteiger partial charge in [-0.3, -0.25) is 0 Å². The number of carboxylic acid groups (broad SMARTS) is 1. The van der Waals surface area contributed by atoms with Gasteiger partial charge in [0.2, 0.25) is 0 Å². The average Bonchev–Trinajstić information content (AvgIpc) is 2.84. The molecule has 1 aromatic heterocycles. The number of phenols is 1. The molecule has 22 heavy (non-hydrogen) atoms. The summed E-state index contributed by atoms with van der Waals surface area (Å²) < 4.78 is 0. The SMILES string of the molecule is CCC(CCc1cc(C)c(C(=O)O)s1)c1ccc(O)c(C)c1. The van der Waals surface area contributed by atoms with Gasteiger partial charge in [0.05, 0.1) is 0 Å². The molecule has 2 aromatic rings. The van der Waals surface area contributed by atoms with Crippen LogP contribution in [0.3, 0.4) is 0 Å². The third-order valence-electron chi connectivity index (χ3n) is 4.09. The van der Waals surface area contributed by atoms with Crippen LogP contribution < -0.4 is 0 Å². The Labute approximate surface area is 135 Å². The monoisotopic (exact) mass is 318 g/mol. The molecule has 118 valence electrons. The molecule has 0 bridgehead atoms. The Balaban J connectivity index is 2.09. The fraction of sp³-hybridized carbons (Fsp3) is 0.389. The van der Waals surface area contributed by atoms with E-state index < -0.39 is 5.97 Å². The van der Waals surface area contributed by atoms with Crippen molar-refractivity contribution in [2.45, 2.75) is 46.0 Å². The first-order valence-electron chi connectivity index (χ1n) is 7.54. The number of thiophene rings is 1. The fourth-order valence-corrected chi connectivity index (χ4v) is 3.76. The highest BCUT2D eigenvalue weighted by atomic mass is 32.1. The van der Waals surface area contributed by atoms with E-state index in [2.05, 4.69) is 6.92 Å². The Morgan fingerprint density at radius 1 is 1.23 bits per heavy atom. The molecule has 0 radical (unpaired) electrons. The topological polar surface area (TPSA) is 57.5 Å². The number of aryl methyl sites for hydroxylation is 3. The van der Waals surface area contributed by atoms with Gasteiger partial charge < -0.3 is 10.2 Å². The minimum absolute atomic E-state index is 0.332. The van der Waals surface area contributed by atoms with Gasteiger partial charge in [-0.1, -0.05) is 19.1 Å². The Kier molecular flexibility index (Phi) is 5.24. The fourth-order valence-electron chi connectivity index (χ4n) is 2.74. The molecule has 0 amide bonds. The third kappa shape index (κ3) is 3.69. The summed E-state index contributed by atoms with van der Waals surface area (Å²) in [5, 5.41) is 18.8. The smallest absolute Gasteiger partial charge is 0.346 e. The zero-order chi connectivity index (χ0) is 16.3. The van der Waals surface area contributed by atoms with Crippen LogP contribution in [-0.2, 0) is 6.42 Å². The first-order chi connectivity index (χ1) is 10.4. The maximum absolute atomic E-state index is 11.1. The molecule has 1 heterocycles. The number of aromatic hydroxyl groups is 1. The van der Waals surface area contributed by atoms with Crippen molar-refractivity contribution in [3.05, 3.63) is 50.7 Å². The van der Waals surface area contributed by atoms with Crippen LogP contribution in [0.1, 0.15) is 56.9 Å². The molecule has 0 spiro atoms. The van der Waals surface area contributed by atoms with E-state index in [0.717, 1.165) is 35.3 Å². The van der Waals surface area contributed by atoms with Crippen molar-refractivity contribution in [2.24, 2.45) is 0 Å². The summed E-state index contributed by atoms with van der Waals surface area (Å²) in [5.41, 5.74) is 2.99. The number of hydrogen-bond donors (Lipinski definition) is 2. The molecule has 0 saturated carbocycles. The zero-order valence-corrected chi connectivity index (χ0v) is 14.0. The van der Waals surface area contributed by atoms with Gasteiger partial charge in [-0.15, -0.1) is 11.3 Å². The number of phenolic OH excluding ortho intramolecular Hbond substituents is 1. The highest BCUT2D eigenvalue weighted by Crippen LogP contribution is 2.30. The maximum atomic E-state index is 11.1. The molecule has 0 aliphatic carbocycles. The Bertz CT molecular complexity index is 673. The predicted octanol–water partition coefficient (Wildman–Crippen LogP) is 4.90. The Morgan fingerprint density at radius 2 is 1.95 bits per heavy atom. The van der Waals surface area contributed by atoms with E-state index in [4.69, 9.17) is 5.11 Å². The summed E-state index contributed by atoms with van der Waals surface area (Å²) in [7, 11) is 0. The minimum atomic E-state index is -0.838. The van der Waals surface area contributed by atoms with Crippen LogP contribution in [0.25, 0.3) is 0 Å². The number of benzene rings is 1. The van der Waals surface area contributed by atoms with E-state index in [1.54, 1.807) is 6.07 Å². The molecular weight excluding hydrogens is 296 g/mol. The van der Waals surface area contributed by atoms with E-state index in [9.17, 15) is 9.90 Å². The lowest BCUT2D eigenvalue weighted by molar-refractivity contribution is 0.0701. The van der Waals surface area contributed by atoms with Crippen molar-refractivity contribution in [3.63, 3.8) is 0 Å². The second-order valence-electron chi connectivity index (χ2n) is 5.72. The second-order valence-corrected chi connectivity index (χ2v) is 6.86. The van der Waals surface area contributed by atoms with Crippen molar-refractivity contribution in [3.8, 4) is 5.75 Å². The van der Waals surface area contributed by atoms with Crippen LogP contribution in [0.15, 0.2) is 24.3 Å². The van der Waals surface area contributed by atoms with Gasteiger partial charge in [0.1, 0.15) is 10.6 Å². The van der Waals surface area contributed by atoms with E-state index in [1.165, 1.54) is 16.9 Å². The van der Waals surface area contributed by atoms with Crippen molar-refractivity contribution in [1.29, 1.82) is 0 Å². The number of rotatable bonds is 6. The first kappa shape index (κ1) is 16.6. The van der Waals surface area contributed by atoms with Crippen molar-refractivity contribution >= 4 is 17.3 Å². The molecule has 0 fully saturated rings. The minimum Gasteiger partial charge on any atom is -0.508 e. The predicted molar refractivity (Wildman–Crippen MR) is 90.2 cm³/mol. The lowest BCUT2D eigenvalue weighted by Gasteiger charge is -2.16. The van der Waals surface area contributed by atoms with Gasteiger partial charge in [-0.25, -0.2) is 4.79 Å². The zero-order valence-electron chi connectivity index (χ0n) is 13.2. The normalized spacial score (nSPS) is 12.3. The summed E-state index contributed by atoms with van der Waals surface area (Å²) in [5.74, 6) is -0.0801. The Morgan fingerprint density at radius 3 is 2.50 bits per heavy atom. The van der Waals surface area contributed by atoms with E-state index >= 15 is 0 Å². The Hall–Kier alpha value is -1.81. The van der Waals surface area contributed by atoms with Gasteiger partial charge in [0.25, 0.3) is 0 Å². The highest BCUT2D eigenvalue weighted by Gasteiger charge is 2.15. The number of carboxylic acids is 1. The average molecular weight is 318 g/mol. The number of aromatic carboxylic acids is 1. The van der Waals surface area contributed by atoms with Gasteiger partial charge in [-0.2, -0.15) is 0 Å². The lowest BCUT2D eigenvalue weighted by atomic mass is 9.90. The molecule has 1 atom stereocenters. The van der Waals surface area contributed by atoms with E-state index in [1.807, 2.05) is 32.0 Å². The molecule has 3 nitrogen and oxygen atoms in total. The quantitative estimate of drug-likeness (QED) is 0.797. The molecule has 2 N–H and O–H groups in total. The summed E-state index contributed by atoms with van der Waals surface area (Å²) in [6.07, 6.45) is 2.90. The first-order valence-corrected chi connectivity index (χ1v) is 8.36.